The van der Waals surface area contributed by atoms with Gasteiger partial charge in [-0.3, -0.25) is 14.6 Å². The van der Waals surface area contributed by atoms with Crippen LogP contribution in [0.25, 0.3) is 0 Å². The summed E-state index contributed by atoms with van der Waals surface area (Å²) in [5, 5.41) is 0. The van der Waals surface area contributed by atoms with Gasteiger partial charge in [0.05, 0.1) is 33.1 Å². The molecule has 2 aromatic carbocycles. The second-order valence-corrected chi connectivity index (χ2v) is 10.4. The van der Waals surface area contributed by atoms with E-state index < -0.39 is 0 Å². The van der Waals surface area contributed by atoms with Crippen molar-refractivity contribution in [3.63, 3.8) is 0 Å². The number of hydrogen-bond donors (Lipinski definition) is 0. The highest BCUT2D eigenvalue weighted by molar-refractivity contribution is 6.00. The summed E-state index contributed by atoms with van der Waals surface area (Å²) in [5.74, 6) is 2.52. The Hall–Kier alpha value is -3.61. The first-order valence-electron chi connectivity index (χ1n) is 14.5. The Morgan fingerprint density at radius 3 is 1.90 bits per heavy atom. The summed E-state index contributed by atoms with van der Waals surface area (Å²) < 4.78 is 23.0. The van der Waals surface area contributed by atoms with Crippen LogP contribution in [-0.4, -0.2) is 45.2 Å². The summed E-state index contributed by atoms with van der Waals surface area (Å²) in [7, 11) is 3.14. The number of hydrogen-bond acceptors (Lipinski definition) is 7. The van der Waals surface area contributed by atoms with E-state index in [-0.39, 0.29) is 11.6 Å². The van der Waals surface area contributed by atoms with Crippen molar-refractivity contribution in [2.24, 2.45) is 10.9 Å². The maximum absolute atomic E-state index is 12.4. The van der Waals surface area contributed by atoms with Crippen LogP contribution in [0, 0.1) is 12.8 Å². The predicted octanol–water partition coefficient (Wildman–Crippen LogP) is 8.52. The van der Waals surface area contributed by atoms with Crippen molar-refractivity contribution in [1.29, 1.82) is 0 Å². The van der Waals surface area contributed by atoms with Crippen LogP contribution in [0.3, 0.4) is 0 Å². The average Bonchev–Trinajstić information content (AvgIpc) is 2.94. The van der Waals surface area contributed by atoms with Gasteiger partial charge in [0.15, 0.2) is 34.6 Å². The molecule has 0 fully saturated rings. The van der Waals surface area contributed by atoms with Crippen molar-refractivity contribution >= 4 is 23.5 Å². The van der Waals surface area contributed by atoms with Crippen molar-refractivity contribution in [1.82, 2.24) is 0 Å². The van der Waals surface area contributed by atoms with E-state index in [4.69, 9.17) is 23.9 Å². The van der Waals surface area contributed by atoms with Gasteiger partial charge in [0.1, 0.15) is 0 Å². The molecule has 0 aromatic heterocycles. The summed E-state index contributed by atoms with van der Waals surface area (Å²) in [6.07, 6.45) is 9.70. The van der Waals surface area contributed by atoms with Crippen molar-refractivity contribution in [2.75, 3.05) is 27.4 Å². The molecule has 0 aliphatic rings. The lowest BCUT2D eigenvalue weighted by Crippen LogP contribution is -2.05. The summed E-state index contributed by atoms with van der Waals surface area (Å²) in [5.41, 5.74) is 3.94. The lowest BCUT2D eigenvalue weighted by molar-refractivity contribution is 0.100. The molecule has 0 amide bonds. The van der Waals surface area contributed by atoms with Crippen LogP contribution in [0.15, 0.2) is 40.9 Å². The molecule has 0 aliphatic heterocycles. The zero-order valence-corrected chi connectivity index (χ0v) is 26.1. The minimum absolute atomic E-state index is 0.000918. The Bertz CT molecular complexity index is 1230. The van der Waals surface area contributed by atoms with E-state index in [1.54, 1.807) is 46.3 Å². The van der Waals surface area contributed by atoms with Crippen molar-refractivity contribution in [3.05, 3.63) is 52.6 Å². The highest BCUT2D eigenvalue weighted by Crippen LogP contribution is 2.36. The first kappa shape index (κ1) is 33.6. The van der Waals surface area contributed by atoms with Crippen molar-refractivity contribution < 1.29 is 28.5 Å². The van der Waals surface area contributed by atoms with Gasteiger partial charge >= 0.3 is 0 Å². The second-order valence-electron chi connectivity index (χ2n) is 10.4. The van der Waals surface area contributed by atoms with Crippen LogP contribution in [0.1, 0.15) is 99.4 Å². The van der Waals surface area contributed by atoms with Crippen molar-refractivity contribution in [2.45, 2.75) is 80.1 Å². The van der Waals surface area contributed by atoms with Crippen LogP contribution in [0.5, 0.6) is 23.0 Å². The van der Waals surface area contributed by atoms with E-state index in [2.05, 4.69) is 26.8 Å². The minimum Gasteiger partial charge on any atom is -0.493 e. The summed E-state index contributed by atoms with van der Waals surface area (Å²) in [6.45, 7) is 12.3. The third kappa shape index (κ3) is 10.4. The summed E-state index contributed by atoms with van der Waals surface area (Å²) in [4.78, 5) is 28.9. The Kier molecular flexibility index (Phi) is 14.1. The van der Waals surface area contributed by atoms with Gasteiger partial charge in [0.2, 0.25) is 0 Å². The number of carbonyl (C=O) groups excluding carboxylic acids is 2. The van der Waals surface area contributed by atoms with Crippen LogP contribution >= 0.6 is 0 Å². The van der Waals surface area contributed by atoms with E-state index in [9.17, 15) is 9.59 Å². The fourth-order valence-electron chi connectivity index (χ4n) is 4.59. The zero-order valence-electron chi connectivity index (χ0n) is 26.1. The third-order valence-electron chi connectivity index (χ3n) is 7.02. The van der Waals surface area contributed by atoms with Crippen LogP contribution in [0.4, 0.5) is 5.69 Å². The normalized spacial score (nSPS) is 12.3. The monoisotopic (exact) mass is 565 g/mol. The number of rotatable bonds is 18. The molecule has 0 saturated carbocycles. The quantitative estimate of drug-likeness (QED) is 0.0780. The number of aryl methyl sites for hydroxylation is 1. The van der Waals surface area contributed by atoms with Gasteiger partial charge in [-0.2, -0.15) is 0 Å². The summed E-state index contributed by atoms with van der Waals surface area (Å²) >= 11 is 0. The lowest BCUT2D eigenvalue weighted by atomic mass is 9.96. The van der Waals surface area contributed by atoms with E-state index in [0.29, 0.717) is 58.9 Å². The number of unbranched alkanes of at least 4 members (excludes halogenated alkanes) is 2. The molecule has 7 heteroatoms. The molecule has 2 rings (SSSR count). The highest BCUT2D eigenvalue weighted by Gasteiger charge is 2.16. The van der Waals surface area contributed by atoms with Gasteiger partial charge < -0.3 is 18.9 Å². The molecule has 0 bridgehead atoms. The number of benzene rings is 2. The first-order valence-corrected chi connectivity index (χ1v) is 14.5. The molecule has 224 valence electrons. The molecular formula is C34H47NO6. The molecule has 0 spiro atoms. The molecule has 0 saturated heterocycles. The maximum atomic E-state index is 12.4. The minimum atomic E-state index is -0.0681. The van der Waals surface area contributed by atoms with E-state index in [1.807, 2.05) is 19.2 Å². The Morgan fingerprint density at radius 1 is 0.829 bits per heavy atom. The number of nitrogens with zero attached hydrogens (tertiary/aromatic N) is 1. The Morgan fingerprint density at radius 2 is 1.39 bits per heavy atom. The van der Waals surface area contributed by atoms with E-state index >= 15 is 0 Å². The molecule has 41 heavy (non-hydrogen) atoms. The molecule has 2 aromatic rings. The highest BCUT2D eigenvalue weighted by atomic mass is 16.5. The number of Topliss-reactive ketones (excluding diaryl/α,β-unsaturated/α-hetero) is 2. The number of ketones is 2. The zero-order chi connectivity index (χ0) is 30.4. The van der Waals surface area contributed by atoms with Gasteiger partial charge in [-0.25, -0.2) is 0 Å². The molecule has 7 nitrogen and oxygen atoms in total. The largest absolute Gasteiger partial charge is 0.493 e. The second kappa shape index (κ2) is 17.3. The molecule has 1 unspecified atom stereocenters. The van der Waals surface area contributed by atoms with E-state index in [0.717, 1.165) is 44.1 Å². The van der Waals surface area contributed by atoms with Gasteiger partial charge in [-0.1, -0.05) is 25.0 Å². The van der Waals surface area contributed by atoms with Gasteiger partial charge in [0.25, 0.3) is 0 Å². The Labute approximate surface area is 246 Å². The van der Waals surface area contributed by atoms with Crippen LogP contribution in [-0.2, 0) is 0 Å². The molecule has 0 aliphatic carbocycles. The fraction of sp³-hybridized carbons (Fsp3) is 0.500. The first-order chi connectivity index (χ1) is 19.6. The number of methoxy groups -OCH3 is 2. The third-order valence-corrected chi connectivity index (χ3v) is 7.02. The number of allylic oxidation sites excluding steroid dienone is 2. The average molecular weight is 566 g/mol. The number of ether oxygens (including phenoxy) is 4. The smallest absolute Gasteiger partial charge is 0.163 e. The molecule has 0 N–H and O–H groups in total. The predicted molar refractivity (Wildman–Crippen MR) is 166 cm³/mol. The molecular weight excluding hydrogens is 518 g/mol. The SMILES string of the molecule is C/C=C(/C)CC(/C=N\c1cc(OCCCCCOc2cc(C)c(C(C)=O)cc2OC)c(OC)cc1C(C)=O)CCC. The van der Waals surface area contributed by atoms with Crippen LogP contribution < -0.4 is 18.9 Å². The Balaban J connectivity index is 2.00. The van der Waals surface area contributed by atoms with Gasteiger partial charge in [0, 0.05) is 23.4 Å². The fourth-order valence-corrected chi connectivity index (χ4v) is 4.59. The van der Waals surface area contributed by atoms with Gasteiger partial charge in [-0.15, -0.1) is 0 Å². The number of aliphatic imine (C=N–C) groups is 1. The lowest BCUT2D eigenvalue weighted by Gasteiger charge is -2.15. The van der Waals surface area contributed by atoms with E-state index in [1.165, 1.54) is 5.57 Å². The molecule has 1 atom stereocenters. The van der Waals surface area contributed by atoms with Gasteiger partial charge in [-0.05, 0) is 96.4 Å². The van der Waals surface area contributed by atoms with Crippen LogP contribution in [0.2, 0.25) is 0 Å². The molecule has 0 heterocycles. The maximum Gasteiger partial charge on any atom is 0.163 e. The number of carbonyl (C=O) groups is 2. The van der Waals surface area contributed by atoms with Crippen molar-refractivity contribution in [3.8, 4) is 23.0 Å². The topological polar surface area (TPSA) is 83.4 Å². The standard InChI is InChI=1S/C34H47NO6/c1-9-14-27(17-23(3)10-2)22-35-30-21-34(32(39-8)20-29(30)26(6)37)41-16-13-11-12-15-40-33-18-24(4)28(25(5)36)19-31(33)38-7/h10,18-22,27H,9,11-17H2,1-8H3/b23-10-,35-22-. The molecule has 0 radical (unpaired) electrons. The summed E-state index contributed by atoms with van der Waals surface area (Å²) in [6, 6.07) is 7.11.